The molecule has 0 atom stereocenters. The van der Waals surface area contributed by atoms with E-state index < -0.39 is 0 Å². The van der Waals surface area contributed by atoms with Gasteiger partial charge in [0.15, 0.2) is 5.69 Å². The number of carbonyl (C=O) groups is 1. The number of aromatic amines is 1. The summed E-state index contributed by atoms with van der Waals surface area (Å²) in [5, 5.41) is 9.86. The lowest BCUT2D eigenvalue weighted by atomic mass is 9.91. The van der Waals surface area contributed by atoms with E-state index in [1.54, 1.807) is 0 Å². The Morgan fingerprint density at radius 2 is 1.95 bits per heavy atom. The molecule has 1 fully saturated rings. The van der Waals surface area contributed by atoms with Gasteiger partial charge in [0.05, 0.1) is 4.47 Å². The largest absolute Gasteiger partial charge is 0.350 e. The van der Waals surface area contributed by atoms with Crippen molar-refractivity contribution >= 4 is 21.8 Å². The second-order valence-electron chi connectivity index (χ2n) is 5.43. The molecular formula is C14H22BrN3O. The Morgan fingerprint density at radius 3 is 2.53 bits per heavy atom. The summed E-state index contributed by atoms with van der Waals surface area (Å²) in [4.78, 5) is 12.1. The van der Waals surface area contributed by atoms with Gasteiger partial charge in [-0.25, -0.2) is 0 Å². The molecule has 0 spiro atoms. The number of aromatic nitrogens is 2. The summed E-state index contributed by atoms with van der Waals surface area (Å²) in [6.07, 6.45) is 9.13. The number of amides is 1. The third kappa shape index (κ3) is 4.06. The molecule has 0 radical (unpaired) electrons. The van der Waals surface area contributed by atoms with Crippen molar-refractivity contribution in [3.8, 4) is 0 Å². The van der Waals surface area contributed by atoms with Crippen LogP contribution in [0.1, 0.15) is 61.1 Å². The van der Waals surface area contributed by atoms with E-state index in [9.17, 15) is 4.79 Å². The number of hydrogen-bond acceptors (Lipinski definition) is 2. The lowest BCUT2D eigenvalue weighted by Gasteiger charge is -2.19. The molecule has 0 aliphatic heterocycles. The van der Waals surface area contributed by atoms with Gasteiger partial charge in [-0.1, -0.05) is 32.1 Å². The maximum Gasteiger partial charge on any atom is 0.272 e. The lowest BCUT2D eigenvalue weighted by Crippen LogP contribution is -2.30. The minimum atomic E-state index is -0.0849. The summed E-state index contributed by atoms with van der Waals surface area (Å²) in [5.41, 5.74) is 1.35. The Balaban J connectivity index is 1.84. The van der Waals surface area contributed by atoms with Crippen LogP contribution < -0.4 is 5.32 Å². The van der Waals surface area contributed by atoms with Crippen LogP contribution in [-0.2, 0) is 0 Å². The summed E-state index contributed by atoms with van der Waals surface area (Å²) in [5.74, 6) is 0.543. The van der Waals surface area contributed by atoms with Gasteiger partial charge in [0.1, 0.15) is 0 Å². The van der Waals surface area contributed by atoms with Crippen molar-refractivity contribution in [1.82, 2.24) is 15.5 Å². The molecule has 5 heteroatoms. The normalized spacial score (nSPS) is 17.8. The topological polar surface area (TPSA) is 57.8 Å². The summed E-state index contributed by atoms with van der Waals surface area (Å²) in [6.45, 7) is 2.67. The molecule has 1 aromatic rings. The minimum Gasteiger partial charge on any atom is -0.350 e. The fourth-order valence-corrected chi connectivity index (χ4v) is 2.99. The molecule has 1 aliphatic carbocycles. The van der Waals surface area contributed by atoms with Crippen LogP contribution in [0, 0.1) is 12.8 Å². The highest BCUT2D eigenvalue weighted by atomic mass is 79.9. The zero-order valence-electron chi connectivity index (χ0n) is 11.5. The molecule has 1 aromatic heterocycles. The van der Waals surface area contributed by atoms with Crippen LogP contribution in [0.25, 0.3) is 0 Å². The Labute approximate surface area is 122 Å². The molecule has 1 heterocycles. The summed E-state index contributed by atoms with van der Waals surface area (Å²) in [6, 6.07) is 0. The maximum absolute atomic E-state index is 12.1. The van der Waals surface area contributed by atoms with Crippen LogP contribution >= 0.6 is 15.9 Å². The van der Waals surface area contributed by atoms with Gasteiger partial charge in [0, 0.05) is 12.2 Å². The first kappa shape index (κ1) is 14.6. The molecule has 1 amide bonds. The first-order valence-corrected chi connectivity index (χ1v) is 7.96. The summed E-state index contributed by atoms with van der Waals surface area (Å²) < 4.78 is 0.766. The van der Waals surface area contributed by atoms with E-state index in [0.29, 0.717) is 11.6 Å². The average Bonchev–Trinajstić information content (AvgIpc) is 2.68. The quantitative estimate of drug-likeness (QED) is 0.891. The van der Waals surface area contributed by atoms with Gasteiger partial charge >= 0.3 is 0 Å². The van der Waals surface area contributed by atoms with Crippen molar-refractivity contribution in [1.29, 1.82) is 0 Å². The van der Waals surface area contributed by atoms with Crippen LogP contribution in [0.5, 0.6) is 0 Å². The van der Waals surface area contributed by atoms with Crippen molar-refractivity contribution in [2.75, 3.05) is 6.54 Å². The molecular weight excluding hydrogens is 306 g/mol. The Bertz CT molecular complexity index is 422. The molecule has 19 heavy (non-hydrogen) atoms. The van der Waals surface area contributed by atoms with Gasteiger partial charge in [0.25, 0.3) is 5.91 Å². The standard InChI is InChI=1S/C14H22BrN3O/c1-10-12(15)13(18-17-10)14(19)16-9-11-7-5-3-2-4-6-8-11/h11H,2-9H2,1H3,(H,16,19)(H,17,18). The van der Waals surface area contributed by atoms with Crippen LogP contribution in [0.3, 0.4) is 0 Å². The first-order valence-electron chi connectivity index (χ1n) is 7.17. The monoisotopic (exact) mass is 327 g/mol. The second kappa shape index (κ2) is 7.08. The highest BCUT2D eigenvalue weighted by Crippen LogP contribution is 2.22. The molecule has 0 aromatic carbocycles. The SMILES string of the molecule is Cc1[nH]nc(C(=O)NCC2CCCCCCC2)c1Br. The Kier molecular flexibility index (Phi) is 5.43. The van der Waals surface area contributed by atoms with Crippen LogP contribution in [0.15, 0.2) is 4.47 Å². The molecule has 2 rings (SSSR count). The first-order chi connectivity index (χ1) is 9.18. The fraction of sp³-hybridized carbons (Fsp3) is 0.714. The number of carbonyl (C=O) groups excluding carboxylic acids is 1. The second-order valence-corrected chi connectivity index (χ2v) is 6.23. The van der Waals surface area contributed by atoms with E-state index in [0.717, 1.165) is 16.7 Å². The van der Waals surface area contributed by atoms with E-state index in [4.69, 9.17) is 0 Å². The molecule has 106 valence electrons. The van der Waals surface area contributed by atoms with Crippen molar-refractivity contribution in [3.63, 3.8) is 0 Å². The molecule has 0 bridgehead atoms. The average molecular weight is 328 g/mol. The van der Waals surface area contributed by atoms with Crippen molar-refractivity contribution < 1.29 is 4.79 Å². The number of nitrogens with zero attached hydrogens (tertiary/aromatic N) is 1. The molecule has 4 nitrogen and oxygen atoms in total. The summed E-state index contributed by atoms with van der Waals surface area (Å²) >= 11 is 3.39. The van der Waals surface area contributed by atoms with Gasteiger partial charge < -0.3 is 5.32 Å². The Morgan fingerprint density at radius 1 is 1.32 bits per heavy atom. The van der Waals surface area contributed by atoms with Crippen molar-refractivity contribution in [2.24, 2.45) is 5.92 Å². The lowest BCUT2D eigenvalue weighted by molar-refractivity contribution is 0.0939. The van der Waals surface area contributed by atoms with E-state index >= 15 is 0 Å². The predicted octanol–water partition coefficient (Wildman–Crippen LogP) is 3.57. The fourth-order valence-electron chi connectivity index (χ4n) is 2.63. The minimum absolute atomic E-state index is 0.0849. The molecule has 2 N–H and O–H groups in total. The van der Waals surface area contributed by atoms with E-state index in [1.165, 1.54) is 44.9 Å². The van der Waals surface area contributed by atoms with E-state index in [-0.39, 0.29) is 5.91 Å². The van der Waals surface area contributed by atoms with Crippen molar-refractivity contribution in [3.05, 3.63) is 15.9 Å². The highest BCUT2D eigenvalue weighted by Gasteiger charge is 2.17. The zero-order chi connectivity index (χ0) is 13.7. The van der Waals surface area contributed by atoms with Crippen LogP contribution in [-0.4, -0.2) is 22.6 Å². The number of nitrogens with one attached hydrogen (secondary N) is 2. The summed E-state index contributed by atoms with van der Waals surface area (Å²) in [7, 11) is 0. The molecule has 1 saturated carbocycles. The number of aryl methyl sites for hydroxylation is 1. The smallest absolute Gasteiger partial charge is 0.272 e. The maximum atomic E-state index is 12.1. The van der Waals surface area contributed by atoms with Gasteiger partial charge in [-0.2, -0.15) is 5.10 Å². The van der Waals surface area contributed by atoms with Gasteiger partial charge in [-0.3, -0.25) is 9.89 Å². The molecule has 0 unspecified atom stereocenters. The van der Waals surface area contributed by atoms with Crippen molar-refractivity contribution in [2.45, 2.75) is 51.9 Å². The third-order valence-corrected chi connectivity index (χ3v) is 4.83. The number of H-pyrrole nitrogens is 1. The number of rotatable bonds is 3. The highest BCUT2D eigenvalue weighted by molar-refractivity contribution is 9.10. The van der Waals surface area contributed by atoms with E-state index in [2.05, 4.69) is 31.4 Å². The predicted molar refractivity (Wildman–Crippen MR) is 79.2 cm³/mol. The van der Waals surface area contributed by atoms with E-state index in [1.807, 2.05) is 6.92 Å². The van der Waals surface area contributed by atoms with Gasteiger partial charge in [-0.05, 0) is 41.6 Å². The zero-order valence-corrected chi connectivity index (χ0v) is 13.1. The van der Waals surface area contributed by atoms with Crippen LogP contribution in [0.2, 0.25) is 0 Å². The molecule has 0 saturated heterocycles. The number of hydrogen-bond donors (Lipinski definition) is 2. The van der Waals surface area contributed by atoms with Gasteiger partial charge in [-0.15, -0.1) is 0 Å². The number of halogens is 1. The van der Waals surface area contributed by atoms with Gasteiger partial charge in [0.2, 0.25) is 0 Å². The van der Waals surface area contributed by atoms with Crippen LogP contribution in [0.4, 0.5) is 0 Å². The molecule has 1 aliphatic rings. The third-order valence-electron chi connectivity index (χ3n) is 3.86. The Hall–Kier alpha value is -0.840.